The highest BCUT2D eigenvalue weighted by Crippen LogP contribution is 2.32. The fourth-order valence-corrected chi connectivity index (χ4v) is 3.95. The van der Waals surface area contributed by atoms with Gasteiger partial charge in [-0.2, -0.15) is 10.2 Å². The lowest BCUT2D eigenvalue weighted by Crippen LogP contribution is -2.43. The van der Waals surface area contributed by atoms with Crippen molar-refractivity contribution in [1.82, 2.24) is 20.1 Å². The Morgan fingerprint density at radius 1 is 1.03 bits per heavy atom. The lowest BCUT2D eigenvalue weighted by Gasteiger charge is -2.24. The van der Waals surface area contributed by atoms with Crippen LogP contribution in [0.15, 0.2) is 65.8 Å². The summed E-state index contributed by atoms with van der Waals surface area (Å²) in [6.07, 6.45) is 1.98. The molecule has 1 saturated heterocycles. The summed E-state index contributed by atoms with van der Waals surface area (Å²) in [5.41, 5.74) is 3.29. The maximum atomic E-state index is 13.2. The predicted molar refractivity (Wildman–Crippen MR) is 119 cm³/mol. The number of aryl methyl sites for hydroxylation is 1. The van der Waals surface area contributed by atoms with Crippen LogP contribution in [0, 0.1) is 13.8 Å². The molecule has 3 amide bonds. The molecule has 2 heterocycles. The van der Waals surface area contributed by atoms with E-state index in [2.05, 4.69) is 15.5 Å². The van der Waals surface area contributed by atoms with Crippen molar-refractivity contribution in [2.45, 2.75) is 39.3 Å². The van der Waals surface area contributed by atoms with Crippen LogP contribution in [0.2, 0.25) is 0 Å². The van der Waals surface area contributed by atoms with Crippen molar-refractivity contribution >= 4 is 18.2 Å². The van der Waals surface area contributed by atoms with Gasteiger partial charge in [0.15, 0.2) is 0 Å². The van der Waals surface area contributed by atoms with E-state index in [4.69, 9.17) is 0 Å². The fraction of sp³-hybridized carbons (Fsp3) is 0.250. The summed E-state index contributed by atoms with van der Waals surface area (Å²) in [5, 5.41) is 12.6. The first-order valence-corrected chi connectivity index (χ1v) is 10.3. The second kappa shape index (κ2) is 8.18. The summed E-state index contributed by atoms with van der Waals surface area (Å²) >= 11 is 0. The van der Waals surface area contributed by atoms with Crippen molar-refractivity contribution in [1.29, 1.82) is 0 Å². The monoisotopic (exact) mass is 415 g/mol. The molecule has 0 bridgehead atoms. The first-order chi connectivity index (χ1) is 15.0. The van der Waals surface area contributed by atoms with Gasteiger partial charge in [0.05, 0.1) is 18.5 Å². The van der Waals surface area contributed by atoms with E-state index < -0.39 is 11.6 Å². The maximum absolute atomic E-state index is 13.2. The summed E-state index contributed by atoms with van der Waals surface area (Å²) in [4.78, 5) is 25.8. The molecule has 1 aliphatic heterocycles. The average molecular weight is 415 g/mol. The molecule has 0 radical (unpaired) electrons. The number of carbonyl (C=O) groups is 2. The van der Waals surface area contributed by atoms with E-state index in [1.807, 2.05) is 86.1 Å². The molecule has 1 aromatic heterocycles. The van der Waals surface area contributed by atoms with Crippen LogP contribution >= 0.6 is 0 Å². The highest BCUT2D eigenvalue weighted by Gasteiger charge is 2.51. The average Bonchev–Trinajstić information content (AvgIpc) is 3.20. The Morgan fingerprint density at radius 3 is 2.32 bits per heavy atom. The molecule has 0 aliphatic carbocycles. The van der Waals surface area contributed by atoms with Gasteiger partial charge in [0.1, 0.15) is 5.54 Å². The SMILES string of the molecule is CC[C@]1(c2ccccc2)NC(=O)N(N=Cc2c(C)nn(Cc3ccccc3)c2C)C1=O. The minimum absolute atomic E-state index is 0.380. The number of nitrogens with zero attached hydrogens (tertiary/aromatic N) is 4. The van der Waals surface area contributed by atoms with Crippen LogP contribution < -0.4 is 5.32 Å². The third-order valence-electron chi connectivity index (χ3n) is 5.78. The van der Waals surface area contributed by atoms with Gasteiger partial charge in [0.25, 0.3) is 5.91 Å². The second-order valence-electron chi connectivity index (χ2n) is 7.64. The summed E-state index contributed by atoms with van der Waals surface area (Å²) in [5.74, 6) is -0.380. The van der Waals surface area contributed by atoms with E-state index in [0.717, 1.165) is 33.1 Å². The van der Waals surface area contributed by atoms with Crippen LogP contribution in [0.25, 0.3) is 0 Å². The number of amides is 3. The fourth-order valence-electron chi connectivity index (χ4n) is 3.95. The minimum atomic E-state index is -1.10. The minimum Gasteiger partial charge on any atom is -0.318 e. The Morgan fingerprint density at radius 2 is 1.68 bits per heavy atom. The second-order valence-corrected chi connectivity index (χ2v) is 7.64. The van der Waals surface area contributed by atoms with Crippen molar-refractivity contribution in [3.8, 4) is 0 Å². The van der Waals surface area contributed by atoms with Crippen LogP contribution in [0.1, 0.15) is 41.4 Å². The summed E-state index contributed by atoms with van der Waals surface area (Å²) < 4.78 is 1.90. The summed E-state index contributed by atoms with van der Waals surface area (Å²) in [6.45, 7) is 6.36. The molecular weight excluding hydrogens is 390 g/mol. The number of imide groups is 1. The standard InChI is InChI=1S/C24H25N5O2/c1-4-24(20-13-9-6-10-14-20)22(30)29(23(31)26-24)25-15-21-17(2)27-28(18(21)3)16-19-11-7-5-8-12-19/h5-15H,4,16H2,1-3H3,(H,26,31)/t24-/m1/s1. The Labute approximate surface area is 181 Å². The van der Waals surface area contributed by atoms with Gasteiger partial charge in [-0.1, -0.05) is 67.6 Å². The molecule has 1 aliphatic rings. The van der Waals surface area contributed by atoms with E-state index in [0.29, 0.717) is 13.0 Å². The lowest BCUT2D eigenvalue weighted by molar-refractivity contribution is -0.131. The normalized spacial score (nSPS) is 18.7. The molecule has 4 rings (SSSR count). The largest absolute Gasteiger partial charge is 0.346 e. The zero-order chi connectivity index (χ0) is 22.0. The zero-order valence-electron chi connectivity index (χ0n) is 17.9. The quantitative estimate of drug-likeness (QED) is 0.492. The van der Waals surface area contributed by atoms with Crippen molar-refractivity contribution in [2.24, 2.45) is 5.10 Å². The molecular formula is C24H25N5O2. The smallest absolute Gasteiger partial charge is 0.318 e. The van der Waals surface area contributed by atoms with Gasteiger partial charge < -0.3 is 5.32 Å². The first-order valence-electron chi connectivity index (χ1n) is 10.3. The van der Waals surface area contributed by atoms with Gasteiger partial charge in [-0.25, -0.2) is 4.79 Å². The van der Waals surface area contributed by atoms with Gasteiger partial charge in [-0.15, -0.1) is 5.01 Å². The van der Waals surface area contributed by atoms with Crippen LogP contribution in [0.4, 0.5) is 4.79 Å². The molecule has 0 saturated carbocycles. The molecule has 1 N–H and O–H groups in total. The number of nitrogens with one attached hydrogen (secondary N) is 1. The number of benzene rings is 2. The van der Waals surface area contributed by atoms with Crippen LogP contribution in [0.5, 0.6) is 0 Å². The molecule has 3 aromatic rings. The summed E-state index contributed by atoms with van der Waals surface area (Å²) in [6, 6.07) is 18.8. The first kappa shape index (κ1) is 20.5. The predicted octanol–water partition coefficient (Wildman–Crippen LogP) is 3.74. The number of hydrogen-bond acceptors (Lipinski definition) is 4. The number of hydrogen-bond donors (Lipinski definition) is 1. The molecule has 7 nitrogen and oxygen atoms in total. The third-order valence-corrected chi connectivity index (χ3v) is 5.78. The topological polar surface area (TPSA) is 79.6 Å². The zero-order valence-corrected chi connectivity index (χ0v) is 17.9. The molecule has 1 atom stereocenters. The van der Waals surface area contributed by atoms with Gasteiger partial charge in [0, 0.05) is 11.3 Å². The molecule has 158 valence electrons. The number of hydrazone groups is 1. The maximum Gasteiger partial charge on any atom is 0.346 e. The van der Waals surface area contributed by atoms with Crippen molar-refractivity contribution in [2.75, 3.05) is 0 Å². The lowest BCUT2D eigenvalue weighted by atomic mass is 9.87. The Kier molecular flexibility index (Phi) is 5.42. The Bertz CT molecular complexity index is 1140. The number of aromatic nitrogens is 2. The number of carbonyl (C=O) groups excluding carboxylic acids is 2. The van der Waals surface area contributed by atoms with Gasteiger partial charge >= 0.3 is 6.03 Å². The van der Waals surface area contributed by atoms with Gasteiger partial charge in [-0.05, 0) is 31.4 Å². The third kappa shape index (κ3) is 3.63. The van der Waals surface area contributed by atoms with Crippen LogP contribution in [0.3, 0.4) is 0 Å². The van der Waals surface area contributed by atoms with E-state index in [9.17, 15) is 9.59 Å². The van der Waals surface area contributed by atoms with Crippen LogP contribution in [-0.2, 0) is 16.9 Å². The highest BCUT2D eigenvalue weighted by molar-refractivity contribution is 6.07. The van der Waals surface area contributed by atoms with Gasteiger partial charge in [0.2, 0.25) is 0 Å². The molecule has 1 fully saturated rings. The number of rotatable bonds is 6. The van der Waals surface area contributed by atoms with Crippen molar-refractivity contribution in [3.05, 3.63) is 88.7 Å². The van der Waals surface area contributed by atoms with Gasteiger partial charge in [-0.3, -0.25) is 9.48 Å². The molecule has 0 unspecified atom stereocenters. The number of urea groups is 1. The molecule has 2 aromatic carbocycles. The summed E-state index contributed by atoms with van der Waals surface area (Å²) in [7, 11) is 0. The van der Waals surface area contributed by atoms with Crippen LogP contribution in [-0.4, -0.2) is 32.9 Å². The molecule has 0 spiro atoms. The molecule has 31 heavy (non-hydrogen) atoms. The van der Waals surface area contributed by atoms with E-state index in [-0.39, 0.29) is 5.91 Å². The van der Waals surface area contributed by atoms with Crippen molar-refractivity contribution < 1.29 is 9.59 Å². The highest BCUT2D eigenvalue weighted by atomic mass is 16.2. The molecule has 7 heteroatoms. The Balaban J connectivity index is 1.60. The van der Waals surface area contributed by atoms with E-state index in [1.165, 1.54) is 0 Å². The van der Waals surface area contributed by atoms with E-state index >= 15 is 0 Å². The Hall–Kier alpha value is -3.74. The van der Waals surface area contributed by atoms with Crippen molar-refractivity contribution in [3.63, 3.8) is 0 Å². The van der Waals surface area contributed by atoms with E-state index in [1.54, 1.807) is 6.21 Å².